The standard InChI is InChI=1S/C14H16N2OS/c1-10-4-5-13(17-3)12(8-10)9-18-14-15-7-6-11(2)16-14/h4-8H,9H2,1-3H3. The minimum Gasteiger partial charge on any atom is -0.496 e. The van der Waals surface area contributed by atoms with Gasteiger partial charge in [0.05, 0.1) is 7.11 Å². The average molecular weight is 260 g/mol. The Hall–Kier alpha value is -1.55. The predicted octanol–water partition coefficient (Wildman–Crippen LogP) is 3.39. The van der Waals surface area contributed by atoms with Crippen LogP contribution < -0.4 is 4.74 Å². The topological polar surface area (TPSA) is 35.0 Å². The molecule has 0 spiro atoms. The highest BCUT2D eigenvalue weighted by Crippen LogP contribution is 2.26. The lowest BCUT2D eigenvalue weighted by atomic mass is 10.1. The van der Waals surface area contributed by atoms with E-state index >= 15 is 0 Å². The number of benzene rings is 1. The van der Waals surface area contributed by atoms with Crippen LogP contribution >= 0.6 is 11.8 Å². The molecular weight excluding hydrogens is 244 g/mol. The van der Waals surface area contributed by atoms with Gasteiger partial charge in [-0.3, -0.25) is 0 Å². The Labute approximate surface area is 112 Å². The Kier molecular flexibility index (Phi) is 4.20. The summed E-state index contributed by atoms with van der Waals surface area (Å²) in [6, 6.07) is 8.09. The molecule has 0 saturated heterocycles. The van der Waals surface area contributed by atoms with Gasteiger partial charge in [-0.1, -0.05) is 29.5 Å². The van der Waals surface area contributed by atoms with Crippen molar-refractivity contribution in [1.29, 1.82) is 0 Å². The second-order valence-electron chi connectivity index (χ2n) is 4.08. The van der Waals surface area contributed by atoms with Crippen LogP contribution in [0.3, 0.4) is 0 Å². The van der Waals surface area contributed by atoms with Gasteiger partial charge in [-0.05, 0) is 26.0 Å². The van der Waals surface area contributed by atoms with Gasteiger partial charge < -0.3 is 4.74 Å². The van der Waals surface area contributed by atoms with Crippen LogP contribution in [0.1, 0.15) is 16.8 Å². The van der Waals surface area contributed by atoms with E-state index in [0.29, 0.717) is 0 Å². The van der Waals surface area contributed by atoms with E-state index in [0.717, 1.165) is 22.4 Å². The fourth-order valence-corrected chi connectivity index (χ4v) is 2.51. The van der Waals surface area contributed by atoms with E-state index in [1.165, 1.54) is 11.1 Å². The summed E-state index contributed by atoms with van der Waals surface area (Å²) in [6.45, 7) is 4.05. The Morgan fingerprint density at radius 3 is 2.78 bits per heavy atom. The number of thioether (sulfide) groups is 1. The van der Waals surface area contributed by atoms with Gasteiger partial charge in [0.2, 0.25) is 0 Å². The monoisotopic (exact) mass is 260 g/mol. The Bertz CT molecular complexity index is 543. The van der Waals surface area contributed by atoms with Crippen LogP contribution in [0.4, 0.5) is 0 Å². The molecule has 1 aromatic carbocycles. The third-order valence-electron chi connectivity index (χ3n) is 2.57. The molecule has 1 aromatic heterocycles. The van der Waals surface area contributed by atoms with Crippen molar-refractivity contribution in [2.75, 3.05) is 7.11 Å². The van der Waals surface area contributed by atoms with E-state index < -0.39 is 0 Å². The second-order valence-corrected chi connectivity index (χ2v) is 5.03. The van der Waals surface area contributed by atoms with Crippen LogP contribution in [0, 0.1) is 13.8 Å². The van der Waals surface area contributed by atoms with Crippen LogP contribution in [0.25, 0.3) is 0 Å². The maximum Gasteiger partial charge on any atom is 0.188 e. The third-order valence-corrected chi connectivity index (χ3v) is 3.48. The molecular formula is C14H16N2OS. The number of methoxy groups -OCH3 is 1. The summed E-state index contributed by atoms with van der Waals surface area (Å²) in [5.74, 6) is 1.73. The maximum absolute atomic E-state index is 5.36. The Balaban J connectivity index is 2.12. The normalized spacial score (nSPS) is 10.4. The molecule has 94 valence electrons. The first-order chi connectivity index (χ1) is 8.69. The number of aryl methyl sites for hydroxylation is 2. The maximum atomic E-state index is 5.36. The average Bonchev–Trinajstić information content (AvgIpc) is 2.37. The highest BCUT2D eigenvalue weighted by atomic mass is 32.2. The summed E-state index contributed by atoms with van der Waals surface area (Å²) < 4.78 is 5.36. The highest BCUT2D eigenvalue weighted by Gasteiger charge is 2.05. The lowest BCUT2D eigenvalue weighted by Crippen LogP contribution is -1.93. The van der Waals surface area contributed by atoms with Crippen molar-refractivity contribution in [2.24, 2.45) is 0 Å². The minimum atomic E-state index is 0.804. The molecule has 0 aliphatic heterocycles. The summed E-state index contributed by atoms with van der Waals surface area (Å²) in [5.41, 5.74) is 3.40. The molecule has 0 unspecified atom stereocenters. The van der Waals surface area contributed by atoms with E-state index in [1.54, 1.807) is 25.1 Å². The van der Waals surface area contributed by atoms with Gasteiger partial charge in [-0.25, -0.2) is 9.97 Å². The van der Waals surface area contributed by atoms with E-state index in [9.17, 15) is 0 Å². The van der Waals surface area contributed by atoms with Gasteiger partial charge in [-0.2, -0.15) is 0 Å². The highest BCUT2D eigenvalue weighted by molar-refractivity contribution is 7.98. The van der Waals surface area contributed by atoms with E-state index in [4.69, 9.17) is 4.74 Å². The first kappa shape index (κ1) is 12.9. The van der Waals surface area contributed by atoms with Crippen LogP contribution in [0.15, 0.2) is 35.6 Å². The molecule has 18 heavy (non-hydrogen) atoms. The number of hydrogen-bond donors (Lipinski definition) is 0. The Morgan fingerprint density at radius 2 is 2.06 bits per heavy atom. The molecule has 1 heterocycles. The zero-order valence-corrected chi connectivity index (χ0v) is 11.6. The van der Waals surface area contributed by atoms with E-state index in [2.05, 4.69) is 29.0 Å². The van der Waals surface area contributed by atoms with Crippen LogP contribution in [-0.2, 0) is 5.75 Å². The summed E-state index contributed by atoms with van der Waals surface area (Å²) >= 11 is 1.62. The molecule has 0 atom stereocenters. The SMILES string of the molecule is COc1ccc(C)cc1CSc1nccc(C)n1. The fourth-order valence-electron chi connectivity index (χ4n) is 1.66. The molecule has 0 amide bonds. The van der Waals surface area contributed by atoms with Gasteiger partial charge in [0, 0.05) is 23.2 Å². The third kappa shape index (κ3) is 3.23. The molecule has 0 aliphatic carbocycles. The molecule has 0 saturated carbocycles. The molecule has 0 N–H and O–H groups in total. The summed E-state index contributed by atoms with van der Waals surface area (Å²) in [7, 11) is 1.70. The minimum absolute atomic E-state index is 0.804. The van der Waals surface area contributed by atoms with Crippen molar-refractivity contribution in [3.05, 3.63) is 47.3 Å². The number of rotatable bonds is 4. The van der Waals surface area contributed by atoms with Gasteiger partial charge in [0.25, 0.3) is 0 Å². The van der Waals surface area contributed by atoms with E-state index in [1.807, 2.05) is 19.1 Å². The first-order valence-corrected chi connectivity index (χ1v) is 6.73. The molecule has 0 radical (unpaired) electrons. The van der Waals surface area contributed by atoms with Gasteiger partial charge in [-0.15, -0.1) is 0 Å². The largest absolute Gasteiger partial charge is 0.496 e. The van der Waals surface area contributed by atoms with Crippen molar-refractivity contribution in [3.8, 4) is 5.75 Å². The lowest BCUT2D eigenvalue weighted by molar-refractivity contribution is 0.411. The number of nitrogens with zero attached hydrogens (tertiary/aromatic N) is 2. The molecule has 2 aromatic rings. The molecule has 0 aliphatic rings. The zero-order valence-electron chi connectivity index (χ0n) is 10.8. The number of aromatic nitrogens is 2. The molecule has 4 heteroatoms. The summed E-state index contributed by atoms with van der Waals surface area (Å²) in [5, 5.41) is 0.804. The van der Waals surface area contributed by atoms with E-state index in [-0.39, 0.29) is 0 Å². The van der Waals surface area contributed by atoms with Crippen LogP contribution in [0.5, 0.6) is 5.75 Å². The molecule has 0 fully saturated rings. The smallest absolute Gasteiger partial charge is 0.188 e. The van der Waals surface area contributed by atoms with Crippen LogP contribution in [0.2, 0.25) is 0 Å². The molecule has 2 rings (SSSR count). The fraction of sp³-hybridized carbons (Fsp3) is 0.286. The van der Waals surface area contributed by atoms with Crippen molar-refractivity contribution >= 4 is 11.8 Å². The van der Waals surface area contributed by atoms with Crippen LogP contribution in [-0.4, -0.2) is 17.1 Å². The lowest BCUT2D eigenvalue weighted by Gasteiger charge is -2.08. The van der Waals surface area contributed by atoms with Gasteiger partial charge in [0.15, 0.2) is 5.16 Å². The second kappa shape index (κ2) is 5.87. The molecule has 3 nitrogen and oxygen atoms in total. The zero-order chi connectivity index (χ0) is 13.0. The first-order valence-electron chi connectivity index (χ1n) is 5.75. The predicted molar refractivity (Wildman–Crippen MR) is 74.1 cm³/mol. The van der Waals surface area contributed by atoms with Gasteiger partial charge >= 0.3 is 0 Å². The molecule has 0 bridgehead atoms. The van der Waals surface area contributed by atoms with Crippen molar-refractivity contribution in [1.82, 2.24) is 9.97 Å². The quantitative estimate of drug-likeness (QED) is 0.623. The summed E-state index contributed by atoms with van der Waals surface area (Å²) in [6.07, 6.45) is 1.79. The number of hydrogen-bond acceptors (Lipinski definition) is 4. The summed E-state index contributed by atoms with van der Waals surface area (Å²) in [4.78, 5) is 8.62. The van der Waals surface area contributed by atoms with Crippen molar-refractivity contribution in [2.45, 2.75) is 24.8 Å². The van der Waals surface area contributed by atoms with Gasteiger partial charge in [0.1, 0.15) is 5.75 Å². The van der Waals surface area contributed by atoms with Crippen molar-refractivity contribution in [3.63, 3.8) is 0 Å². The Morgan fingerprint density at radius 1 is 1.22 bits per heavy atom. The number of ether oxygens (including phenoxy) is 1. The van der Waals surface area contributed by atoms with Crippen molar-refractivity contribution < 1.29 is 4.74 Å².